The maximum atomic E-state index is 15.4. The van der Waals surface area contributed by atoms with Crippen LogP contribution in [-0.4, -0.2) is 116 Å². The monoisotopic (exact) mass is 1090 g/mol. The molecule has 4 N–H and O–H groups in total. The lowest BCUT2D eigenvalue weighted by Crippen LogP contribution is -2.71. The summed E-state index contributed by atoms with van der Waals surface area (Å²) in [7, 11) is 1.94. The number of oxime groups is 1. The number of esters is 2. The second-order valence-electron chi connectivity index (χ2n) is 17.6. The molecule has 73 heavy (non-hydrogen) atoms. The van der Waals surface area contributed by atoms with Crippen LogP contribution in [0, 0.1) is 5.82 Å². The number of nitrogens with one attached hydrogen (secondary N) is 2. The summed E-state index contributed by atoms with van der Waals surface area (Å²) in [6.45, 7) is 7.04. The molecule has 386 valence electrons. The van der Waals surface area contributed by atoms with Crippen LogP contribution in [0.4, 0.5) is 15.2 Å². The zero-order chi connectivity index (χ0) is 51.2. The number of β-lactam (4-membered cyclic amide) rings is 1. The van der Waals surface area contributed by atoms with Gasteiger partial charge in [-0.2, -0.15) is 9.36 Å². The van der Waals surface area contributed by atoms with Crippen LogP contribution in [0.15, 0.2) is 72.0 Å². The number of amides is 2. The second kappa shape index (κ2) is 23.7. The minimum atomic E-state index is -0.971. The van der Waals surface area contributed by atoms with E-state index in [1.165, 1.54) is 57.6 Å². The van der Waals surface area contributed by atoms with E-state index in [0.29, 0.717) is 57.2 Å². The largest absolute Gasteiger partial charge is 0.462 e. The Kier molecular flexibility index (Phi) is 17.0. The number of carbonyl (C=O) groups excluding carboxylic acids is 4. The third-order valence-electron chi connectivity index (χ3n) is 12.6. The van der Waals surface area contributed by atoms with Crippen LogP contribution in [0.2, 0.25) is 0 Å². The summed E-state index contributed by atoms with van der Waals surface area (Å²) in [4.78, 5) is 86.3. The van der Waals surface area contributed by atoms with Gasteiger partial charge in [0.2, 0.25) is 17.0 Å². The Morgan fingerprint density at radius 2 is 1.70 bits per heavy atom. The quantitative estimate of drug-likeness (QED) is 0.0174. The minimum absolute atomic E-state index is 0.0131. The van der Waals surface area contributed by atoms with E-state index in [9.17, 15) is 24.0 Å². The van der Waals surface area contributed by atoms with E-state index in [4.69, 9.17) is 25.0 Å². The van der Waals surface area contributed by atoms with E-state index < -0.39 is 46.4 Å². The number of carbonyl (C=O) groups is 4. The van der Waals surface area contributed by atoms with Crippen LogP contribution in [0.25, 0.3) is 22.2 Å². The first-order valence-corrected chi connectivity index (χ1v) is 28.6. The van der Waals surface area contributed by atoms with Crippen molar-refractivity contribution in [3.63, 3.8) is 0 Å². The maximum absolute atomic E-state index is 15.4. The van der Waals surface area contributed by atoms with Gasteiger partial charge >= 0.3 is 11.9 Å². The summed E-state index contributed by atoms with van der Waals surface area (Å²) in [5, 5.41) is 12.1. The van der Waals surface area contributed by atoms with Crippen LogP contribution >= 0.6 is 58.2 Å². The number of thiazole rings is 1. The van der Waals surface area contributed by atoms with E-state index >= 15 is 4.39 Å². The summed E-state index contributed by atoms with van der Waals surface area (Å²) in [6, 6.07) is 5.98. The van der Waals surface area contributed by atoms with Crippen molar-refractivity contribution < 1.29 is 42.4 Å². The van der Waals surface area contributed by atoms with Gasteiger partial charge in [0.15, 0.2) is 21.9 Å². The molecule has 1 unspecified atom stereocenters. The highest BCUT2D eigenvalue weighted by Crippen LogP contribution is 2.48. The van der Waals surface area contributed by atoms with Crippen molar-refractivity contribution >= 4 is 109 Å². The predicted octanol–water partition coefficient (Wildman–Crippen LogP) is 6.22. The highest BCUT2D eigenvalue weighted by Gasteiger charge is 2.55. The number of unbranched alkanes of at least 4 members (excludes halogenated alkanes) is 7. The molecule has 0 bridgehead atoms. The summed E-state index contributed by atoms with van der Waals surface area (Å²) in [5.74, 6) is -2.64. The van der Waals surface area contributed by atoms with E-state index in [0.717, 1.165) is 74.4 Å². The van der Waals surface area contributed by atoms with Crippen LogP contribution in [0.3, 0.4) is 0 Å². The number of aryl methyl sites for hydroxylation is 1. The first-order chi connectivity index (χ1) is 35.4. The van der Waals surface area contributed by atoms with Crippen molar-refractivity contribution in [2.45, 2.75) is 91.4 Å². The molecule has 5 aromatic rings. The number of hydrogen-bond donors (Lipinski definition) is 3. The number of ether oxygens (including phenoxy) is 2. The first-order valence-electron chi connectivity index (χ1n) is 24.2. The molecular formula is C48H55FN11O8S5+. The van der Waals surface area contributed by atoms with Gasteiger partial charge in [-0.15, -0.1) is 23.1 Å². The number of aromatic nitrogens is 5. The van der Waals surface area contributed by atoms with Crippen LogP contribution < -0.4 is 31.3 Å². The van der Waals surface area contributed by atoms with Crippen molar-refractivity contribution in [2.24, 2.45) is 12.2 Å². The van der Waals surface area contributed by atoms with Gasteiger partial charge in [-0.1, -0.05) is 67.2 Å². The molecule has 3 atom stereocenters. The highest BCUT2D eigenvalue weighted by molar-refractivity contribution is 8.07. The maximum Gasteiger partial charge on any atom is 0.355 e. The molecule has 0 spiro atoms. The van der Waals surface area contributed by atoms with Crippen LogP contribution in [0.1, 0.15) is 86.8 Å². The topological polar surface area (TPSA) is 229 Å². The number of anilines is 2. The Morgan fingerprint density at radius 1 is 1.00 bits per heavy atom. The number of nitrogens with two attached hydrogens (primary N) is 1. The number of benzene rings is 1. The average Bonchev–Trinajstić information content (AvgIpc) is 4.04. The minimum Gasteiger partial charge on any atom is -0.462 e. The Balaban J connectivity index is 0.741. The van der Waals surface area contributed by atoms with Gasteiger partial charge in [0, 0.05) is 76.8 Å². The van der Waals surface area contributed by atoms with Gasteiger partial charge in [0.1, 0.15) is 42.1 Å². The van der Waals surface area contributed by atoms with E-state index in [2.05, 4.69) is 25.1 Å². The fraction of sp³-hybridized carbons (Fsp3) is 0.458. The molecule has 4 aliphatic heterocycles. The molecule has 8 heterocycles. The van der Waals surface area contributed by atoms with Crippen LogP contribution in [-0.2, 0) is 35.7 Å². The Bertz CT molecular complexity index is 3010. The van der Waals surface area contributed by atoms with Crippen molar-refractivity contribution in [1.82, 2.24) is 34.4 Å². The van der Waals surface area contributed by atoms with E-state index in [1.54, 1.807) is 13.0 Å². The van der Waals surface area contributed by atoms with Gasteiger partial charge in [0.25, 0.3) is 11.8 Å². The fourth-order valence-electron chi connectivity index (χ4n) is 8.83. The number of fused-ring (bicyclic) bond motifs is 4. The molecular weight excluding hydrogens is 1040 g/mol. The summed E-state index contributed by atoms with van der Waals surface area (Å²) in [5.41, 5.74) is 7.96. The summed E-state index contributed by atoms with van der Waals surface area (Å²) < 4.78 is 35.5. The Morgan fingerprint density at radius 3 is 2.37 bits per heavy atom. The predicted molar refractivity (Wildman–Crippen MR) is 281 cm³/mol. The molecule has 0 saturated carbocycles. The average molecular weight is 1090 g/mol. The van der Waals surface area contributed by atoms with E-state index in [-0.39, 0.29) is 58.5 Å². The van der Waals surface area contributed by atoms with Crippen molar-refractivity contribution in [3.8, 4) is 11.3 Å². The number of nitrogens with zero attached hydrogens (tertiary/aromatic N) is 8. The Hall–Kier alpha value is -5.60. The zero-order valence-corrected chi connectivity index (χ0v) is 44.5. The SMILES string of the molecule is CCO/N=C(\C(=O)N[C@@H]1C(=O)N2C(C(=O)OCCCCCCCCCCOC(=O)c3c4n(c5cc(N6CCNCC6)c(F)cc5c3=O)C(C)S4)=C(Sc3nc(-c4cc[n+](C)cc4)cs3)CS[C@H]12)c1nsc(N)n1. The van der Waals surface area contributed by atoms with Gasteiger partial charge in [-0.3, -0.25) is 19.3 Å². The molecule has 25 heteroatoms. The molecule has 4 aromatic heterocycles. The first kappa shape index (κ1) is 52.3. The van der Waals surface area contributed by atoms with Gasteiger partial charge in [0.05, 0.1) is 40.5 Å². The third-order valence-corrected chi connectivity index (χ3v) is 17.8. The van der Waals surface area contributed by atoms with Crippen molar-refractivity contribution in [2.75, 3.05) is 62.4 Å². The molecule has 0 aliphatic carbocycles. The lowest BCUT2D eigenvalue weighted by Gasteiger charge is -2.49. The van der Waals surface area contributed by atoms with Gasteiger partial charge in [-0.25, -0.2) is 23.5 Å². The van der Waals surface area contributed by atoms with Crippen LogP contribution in [0.5, 0.6) is 0 Å². The lowest BCUT2D eigenvalue weighted by atomic mass is 10.0. The lowest BCUT2D eigenvalue weighted by molar-refractivity contribution is -0.671. The number of thioether (sulfide) groups is 3. The molecule has 2 amide bonds. The summed E-state index contributed by atoms with van der Waals surface area (Å²) in [6.07, 6.45) is 10.6. The highest BCUT2D eigenvalue weighted by atomic mass is 32.2. The molecule has 2 saturated heterocycles. The molecule has 9 rings (SSSR count). The number of hydrogen-bond acceptors (Lipinski definition) is 20. The number of pyridine rings is 2. The van der Waals surface area contributed by atoms with E-state index in [1.807, 2.05) is 57.9 Å². The Labute approximate surface area is 441 Å². The number of nitrogen functional groups attached to an aromatic ring is 1. The molecule has 1 aromatic carbocycles. The van der Waals surface area contributed by atoms with Gasteiger partial charge < -0.3 is 40.1 Å². The number of rotatable bonds is 22. The van der Waals surface area contributed by atoms with Gasteiger partial charge in [-0.05, 0) is 38.8 Å². The second-order valence-corrected chi connectivity index (χ2v) is 22.9. The van der Waals surface area contributed by atoms with Crippen molar-refractivity contribution in [1.29, 1.82) is 0 Å². The normalized spacial score (nSPS) is 18.5. The fourth-order valence-corrected chi connectivity index (χ4v) is 13.9. The number of piperazine rings is 1. The number of halogens is 1. The standard InChI is InChI=1S/C48H54FN11O8S5/c1-4-68-55-36(40-54-47(50)73-56-40)41(62)53-37-42(63)60-38(34(26-69-44(37)60)72-48-52-31(25-70-48)28-13-17-57(3)18-14-28)46(65)67-22-12-10-8-6-5-7-9-11-21-66-45(64)35-39(61)29-23-30(49)33(58-19-15-51-16-20-58)24-32(29)59-27(2)71-43(35)59/h13-14,17-18,23-25,27,37,44,51H,4-12,15-16,19-22,26H2,1-3H3,(H2-,50,53,54,56,62)/p+1/b55-36-/t27?,37-,44-/m1/s1. The molecule has 19 nitrogen and oxygen atoms in total. The summed E-state index contributed by atoms with van der Waals surface area (Å²) >= 11 is 6.50. The molecule has 2 fully saturated rings. The zero-order valence-electron chi connectivity index (χ0n) is 40.4. The van der Waals surface area contributed by atoms with Crippen molar-refractivity contribution in [3.05, 3.63) is 80.1 Å². The smallest absolute Gasteiger partial charge is 0.355 e. The third kappa shape index (κ3) is 11.6. The molecule has 4 aliphatic rings. The molecule has 0 radical (unpaired) electrons.